The SMILES string of the molecule is CS(=O)(=O)c1ccnc(-n2nc(C(=O)O)c3c2[C@@H]2C[C@@H]2C3)c1. The lowest BCUT2D eigenvalue weighted by molar-refractivity contribution is 0.0688. The maximum absolute atomic E-state index is 11.7. The Labute approximate surface area is 126 Å². The zero-order chi connectivity index (χ0) is 15.6. The first kappa shape index (κ1) is 13.4. The smallest absolute Gasteiger partial charge is 0.356 e. The van der Waals surface area contributed by atoms with Gasteiger partial charge >= 0.3 is 5.97 Å². The molecule has 1 saturated carbocycles. The molecule has 0 bridgehead atoms. The van der Waals surface area contributed by atoms with Gasteiger partial charge in [-0.2, -0.15) is 5.10 Å². The number of sulfone groups is 1. The number of hydrogen-bond acceptors (Lipinski definition) is 5. The number of carbonyl (C=O) groups is 1. The average Bonchev–Trinajstić information content (AvgIpc) is 2.94. The number of carboxylic acid groups (broad SMARTS) is 1. The van der Waals surface area contributed by atoms with Crippen LogP contribution in [0.4, 0.5) is 0 Å². The predicted molar refractivity (Wildman–Crippen MR) is 76.0 cm³/mol. The number of carboxylic acids is 1. The summed E-state index contributed by atoms with van der Waals surface area (Å²) >= 11 is 0. The molecule has 2 aliphatic rings. The first-order valence-corrected chi connectivity index (χ1v) is 8.77. The van der Waals surface area contributed by atoms with Crippen LogP contribution in [0.3, 0.4) is 0 Å². The molecule has 2 aliphatic carbocycles. The molecule has 114 valence electrons. The topological polar surface area (TPSA) is 102 Å². The fourth-order valence-electron chi connectivity index (χ4n) is 3.21. The second-order valence-electron chi connectivity index (χ2n) is 5.86. The number of rotatable bonds is 3. The van der Waals surface area contributed by atoms with Crippen molar-refractivity contribution in [2.45, 2.75) is 23.7 Å². The standard InChI is InChI=1S/C14H13N3O4S/c1-22(20,21)8-2-3-15-11(6-8)17-13-9-4-7(9)5-10(13)12(16-17)14(18)19/h2-3,6-7,9H,4-5H2,1H3,(H,18,19)/t7-,9-/m1/s1. The van der Waals surface area contributed by atoms with E-state index in [9.17, 15) is 18.3 Å². The van der Waals surface area contributed by atoms with Gasteiger partial charge in [0.25, 0.3) is 0 Å². The van der Waals surface area contributed by atoms with E-state index in [2.05, 4.69) is 10.1 Å². The molecule has 2 heterocycles. The van der Waals surface area contributed by atoms with Gasteiger partial charge in [-0.3, -0.25) is 0 Å². The molecule has 2 aromatic rings. The lowest BCUT2D eigenvalue weighted by Gasteiger charge is -2.06. The lowest BCUT2D eigenvalue weighted by Crippen LogP contribution is -2.07. The summed E-state index contributed by atoms with van der Waals surface area (Å²) in [7, 11) is -3.36. The summed E-state index contributed by atoms with van der Waals surface area (Å²) in [4.78, 5) is 15.7. The quantitative estimate of drug-likeness (QED) is 0.906. The van der Waals surface area contributed by atoms with Gasteiger partial charge in [0.1, 0.15) is 0 Å². The second-order valence-corrected chi connectivity index (χ2v) is 7.87. The fraction of sp³-hybridized carbons (Fsp3) is 0.357. The normalized spacial score (nSPS) is 22.2. The van der Waals surface area contributed by atoms with Crippen LogP contribution in [0.25, 0.3) is 5.82 Å². The third kappa shape index (κ3) is 1.87. The minimum atomic E-state index is -3.36. The molecule has 22 heavy (non-hydrogen) atoms. The molecule has 0 radical (unpaired) electrons. The van der Waals surface area contributed by atoms with Crippen LogP contribution in [0, 0.1) is 5.92 Å². The van der Waals surface area contributed by atoms with Gasteiger partial charge in [0.05, 0.1) is 10.6 Å². The van der Waals surface area contributed by atoms with Crippen molar-refractivity contribution in [3.63, 3.8) is 0 Å². The summed E-state index contributed by atoms with van der Waals surface area (Å²) in [5.74, 6) is 0.101. The summed E-state index contributed by atoms with van der Waals surface area (Å²) in [6.45, 7) is 0. The van der Waals surface area contributed by atoms with Gasteiger partial charge in [-0.25, -0.2) is 22.9 Å². The molecule has 0 unspecified atom stereocenters. The van der Waals surface area contributed by atoms with Gasteiger partial charge in [0.2, 0.25) is 0 Å². The molecule has 0 aromatic carbocycles. The first-order chi connectivity index (χ1) is 10.4. The Balaban J connectivity index is 1.91. The number of aromatic carboxylic acids is 1. The van der Waals surface area contributed by atoms with Crippen molar-refractivity contribution in [1.29, 1.82) is 0 Å². The van der Waals surface area contributed by atoms with E-state index in [0.29, 0.717) is 17.7 Å². The van der Waals surface area contributed by atoms with Crippen LogP contribution in [-0.4, -0.2) is 40.5 Å². The van der Waals surface area contributed by atoms with Crippen LogP contribution in [0.1, 0.15) is 34.1 Å². The number of fused-ring (bicyclic) bond motifs is 3. The lowest BCUT2D eigenvalue weighted by atomic mass is 10.1. The predicted octanol–water partition coefficient (Wildman–Crippen LogP) is 1.03. The Morgan fingerprint density at radius 1 is 1.45 bits per heavy atom. The molecule has 0 spiro atoms. The maximum Gasteiger partial charge on any atom is 0.356 e. The molecule has 8 heteroatoms. The summed E-state index contributed by atoms with van der Waals surface area (Å²) in [5.41, 5.74) is 1.69. The van der Waals surface area contributed by atoms with E-state index in [1.54, 1.807) is 0 Å². The highest BCUT2D eigenvalue weighted by atomic mass is 32.2. The fourth-order valence-corrected chi connectivity index (χ4v) is 3.84. The molecule has 4 rings (SSSR count). The van der Waals surface area contributed by atoms with Crippen molar-refractivity contribution in [3.8, 4) is 5.82 Å². The highest BCUT2D eigenvalue weighted by Crippen LogP contribution is 2.57. The number of nitrogens with zero attached hydrogens (tertiary/aromatic N) is 3. The van der Waals surface area contributed by atoms with E-state index in [1.165, 1.54) is 23.0 Å². The Bertz CT molecular complexity index is 916. The Kier molecular flexibility index (Phi) is 2.54. The van der Waals surface area contributed by atoms with Gasteiger partial charge in [0, 0.05) is 30.0 Å². The van der Waals surface area contributed by atoms with Gasteiger partial charge in [-0.1, -0.05) is 0 Å². The average molecular weight is 319 g/mol. The van der Waals surface area contributed by atoms with Crippen molar-refractivity contribution in [2.24, 2.45) is 5.92 Å². The monoisotopic (exact) mass is 319 g/mol. The van der Waals surface area contributed by atoms with E-state index in [-0.39, 0.29) is 10.6 Å². The van der Waals surface area contributed by atoms with E-state index in [0.717, 1.165) is 30.4 Å². The molecule has 0 saturated heterocycles. The summed E-state index contributed by atoms with van der Waals surface area (Å²) in [6.07, 6.45) is 4.29. The molecule has 1 N–H and O–H groups in total. The Morgan fingerprint density at radius 3 is 2.91 bits per heavy atom. The molecular weight excluding hydrogens is 306 g/mol. The maximum atomic E-state index is 11.7. The van der Waals surface area contributed by atoms with Crippen LogP contribution in [0.2, 0.25) is 0 Å². The largest absolute Gasteiger partial charge is 0.476 e. The number of aromatic nitrogens is 3. The van der Waals surface area contributed by atoms with Gasteiger partial charge < -0.3 is 5.11 Å². The Hall–Kier alpha value is -2.22. The minimum Gasteiger partial charge on any atom is -0.476 e. The van der Waals surface area contributed by atoms with Gasteiger partial charge in [-0.05, 0) is 24.8 Å². The molecular formula is C14H13N3O4S. The van der Waals surface area contributed by atoms with E-state index >= 15 is 0 Å². The Morgan fingerprint density at radius 2 is 2.23 bits per heavy atom. The van der Waals surface area contributed by atoms with Crippen LogP contribution in [0.15, 0.2) is 23.2 Å². The van der Waals surface area contributed by atoms with Gasteiger partial charge in [-0.15, -0.1) is 0 Å². The van der Waals surface area contributed by atoms with Crippen molar-refractivity contribution in [2.75, 3.05) is 6.26 Å². The minimum absolute atomic E-state index is 0.0498. The van der Waals surface area contributed by atoms with E-state index < -0.39 is 15.8 Å². The molecule has 0 aliphatic heterocycles. The zero-order valence-electron chi connectivity index (χ0n) is 11.7. The van der Waals surface area contributed by atoms with Crippen LogP contribution < -0.4 is 0 Å². The zero-order valence-corrected chi connectivity index (χ0v) is 12.5. The first-order valence-electron chi connectivity index (χ1n) is 6.88. The molecule has 1 fully saturated rings. The molecule has 2 atom stereocenters. The van der Waals surface area contributed by atoms with E-state index in [1.807, 2.05) is 0 Å². The number of pyridine rings is 1. The van der Waals surface area contributed by atoms with Crippen molar-refractivity contribution in [3.05, 3.63) is 35.3 Å². The van der Waals surface area contributed by atoms with Crippen LogP contribution >= 0.6 is 0 Å². The van der Waals surface area contributed by atoms with E-state index in [4.69, 9.17) is 0 Å². The molecule has 7 nitrogen and oxygen atoms in total. The second kappa shape index (κ2) is 4.16. The third-order valence-corrected chi connectivity index (χ3v) is 5.44. The number of hydrogen-bond donors (Lipinski definition) is 1. The summed E-state index contributed by atoms with van der Waals surface area (Å²) in [6, 6.07) is 2.85. The van der Waals surface area contributed by atoms with Crippen molar-refractivity contribution >= 4 is 15.8 Å². The van der Waals surface area contributed by atoms with Gasteiger partial charge in [0.15, 0.2) is 21.3 Å². The summed E-state index contributed by atoms with van der Waals surface area (Å²) in [5, 5.41) is 13.5. The third-order valence-electron chi connectivity index (χ3n) is 4.33. The van der Waals surface area contributed by atoms with Crippen LogP contribution in [-0.2, 0) is 16.3 Å². The van der Waals surface area contributed by atoms with Crippen molar-refractivity contribution < 1.29 is 18.3 Å². The van der Waals surface area contributed by atoms with Crippen LogP contribution in [0.5, 0.6) is 0 Å². The highest BCUT2D eigenvalue weighted by molar-refractivity contribution is 7.90. The molecule has 2 aromatic heterocycles. The summed E-state index contributed by atoms with van der Waals surface area (Å²) < 4.78 is 24.9. The molecule has 0 amide bonds. The highest BCUT2D eigenvalue weighted by Gasteiger charge is 2.50. The van der Waals surface area contributed by atoms with Crippen molar-refractivity contribution in [1.82, 2.24) is 14.8 Å².